The molecule has 9 heteroatoms. The maximum atomic E-state index is 12.9. The minimum Gasteiger partial charge on any atom is -0.497 e. The van der Waals surface area contributed by atoms with Crippen molar-refractivity contribution in [3.63, 3.8) is 0 Å². The third kappa shape index (κ3) is 6.66. The largest absolute Gasteiger partial charge is 0.497 e. The van der Waals surface area contributed by atoms with Crippen LogP contribution in [-0.2, 0) is 22.6 Å². The van der Waals surface area contributed by atoms with Gasteiger partial charge in [-0.15, -0.1) is 0 Å². The van der Waals surface area contributed by atoms with Crippen LogP contribution >= 0.6 is 0 Å². The van der Waals surface area contributed by atoms with Gasteiger partial charge in [-0.3, -0.25) is 4.79 Å². The highest BCUT2D eigenvalue weighted by Gasteiger charge is 2.20. The van der Waals surface area contributed by atoms with Crippen LogP contribution in [0.1, 0.15) is 30.9 Å². The molecule has 5 rings (SSSR count). The van der Waals surface area contributed by atoms with Crippen molar-refractivity contribution in [3.05, 3.63) is 70.0 Å². The Hall–Kier alpha value is -3.82. The molecule has 3 heterocycles. The summed E-state index contributed by atoms with van der Waals surface area (Å²) >= 11 is 0. The fourth-order valence-electron chi connectivity index (χ4n) is 5.30. The summed E-state index contributed by atoms with van der Waals surface area (Å²) in [4.78, 5) is 27.2. The molecular formula is C31H37N3O6. The number of carbonyl (C=O) groups is 1. The SMILES string of the molecule is CCOC(=O)/C=C\c1cc(OC)cc2c1ccc(=O)n2CCN1CCC(NCc2ccc3c(c2)OCCO3)CC1. The number of hydrogen-bond acceptors (Lipinski definition) is 8. The summed E-state index contributed by atoms with van der Waals surface area (Å²) in [5.41, 5.74) is 2.71. The van der Waals surface area contributed by atoms with E-state index < -0.39 is 5.97 Å². The Morgan fingerprint density at radius 1 is 1.05 bits per heavy atom. The van der Waals surface area contributed by atoms with Crippen molar-refractivity contribution in [1.82, 2.24) is 14.8 Å². The van der Waals surface area contributed by atoms with Gasteiger partial charge in [0.05, 0.1) is 19.2 Å². The highest BCUT2D eigenvalue weighted by Crippen LogP contribution is 2.31. The summed E-state index contributed by atoms with van der Waals surface area (Å²) in [6.07, 6.45) is 5.21. The van der Waals surface area contributed by atoms with Crippen LogP contribution in [0.3, 0.4) is 0 Å². The summed E-state index contributed by atoms with van der Waals surface area (Å²) < 4.78 is 23.6. The summed E-state index contributed by atoms with van der Waals surface area (Å²) in [5, 5.41) is 4.57. The lowest BCUT2D eigenvalue weighted by atomic mass is 10.0. The van der Waals surface area contributed by atoms with Gasteiger partial charge in [0.15, 0.2) is 11.5 Å². The van der Waals surface area contributed by atoms with Gasteiger partial charge in [-0.25, -0.2) is 4.79 Å². The summed E-state index contributed by atoms with van der Waals surface area (Å²) in [6.45, 7) is 7.35. The molecule has 1 fully saturated rings. The Labute approximate surface area is 234 Å². The number of piperidine rings is 1. The van der Waals surface area contributed by atoms with Gasteiger partial charge in [0.2, 0.25) is 0 Å². The monoisotopic (exact) mass is 547 g/mol. The molecule has 1 saturated heterocycles. The van der Waals surface area contributed by atoms with E-state index in [9.17, 15) is 9.59 Å². The molecule has 1 aromatic heterocycles. The summed E-state index contributed by atoms with van der Waals surface area (Å²) in [6, 6.07) is 13.7. The van der Waals surface area contributed by atoms with E-state index in [0.29, 0.717) is 38.2 Å². The Bertz CT molecular complexity index is 1420. The number of fused-ring (bicyclic) bond motifs is 2. The molecule has 0 radical (unpaired) electrons. The van der Waals surface area contributed by atoms with Gasteiger partial charge in [-0.05, 0) is 74.3 Å². The molecule has 0 saturated carbocycles. The Balaban J connectivity index is 1.20. The highest BCUT2D eigenvalue weighted by molar-refractivity contribution is 5.94. The Morgan fingerprint density at radius 3 is 2.62 bits per heavy atom. The van der Waals surface area contributed by atoms with E-state index >= 15 is 0 Å². The molecule has 1 N–H and O–H groups in total. The van der Waals surface area contributed by atoms with Crippen molar-refractivity contribution < 1.29 is 23.7 Å². The topological polar surface area (TPSA) is 91.3 Å². The first-order valence-electron chi connectivity index (χ1n) is 13.9. The fraction of sp³-hybridized carbons (Fsp3) is 0.419. The van der Waals surface area contributed by atoms with Crippen molar-refractivity contribution in [2.24, 2.45) is 0 Å². The van der Waals surface area contributed by atoms with Gasteiger partial charge < -0.3 is 33.7 Å². The number of hydrogen-bond donors (Lipinski definition) is 1. The van der Waals surface area contributed by atoms with Gasteiger partial charge in [0.1, 0.15) is 19.0 Å². The van der Waals surface area contributed by atoms with Crippen molar-refractivity contribution in [2.75, 3.05) is 46.6 Å². The van der Waals surface area contributed by atoms with Crippen LogP contribution in [0, 0.1) is 0 Å². The molecule has 2 aliphatic rings. The number of nitrogens with zero attached hydrogens (tertiary/aromatic N) is 2. The maximum Gasteiger partial charge on any atom is 0.330 e. The minimum absolute atomic E-state index is 0.0583. The first-order valence-corrected chi connectivity index (χ1v) is 13.9. The van der Waals surface area contributed by atoms with Gasteiger partial charge in [0, 0.05) is 49.3 Å². The third-order valence-electron chi connectivity index (χ3n) is 7.46. The lowest BCUT2D eigenvalue weighted by molar-refractivity contribution is -0.137. The molecule has 0 spiro atoms. The first-order chi connectivity index (χ1) is 19.5. The fourth-order valence-corrected chi connectivity index (χ4v) is 5.30. The Morgan fingerprint density at radius 2 is 1.85 bits per heavy atom. The number of likely N-dealkylation sites (tertiary alicyclic amines) is 1. The number of ether oxygens (including phenoxy) is 4. The molecule has 2 aromatic carbocycles. The van der Waals surface area contributed by atoms with E-state index in [1.165, 1.54) is 11.6 Å². The lowest BCUT2D eigenvalue weighted by Crippen LogP contribution is -2.43. The van der Waals surface area contributed by atoms with Gasteiger partial charge in [-0.1, -0.05) is 6.07 Å². The quantitative estimate of drug-likeness (QED) is 0.304. The lowest BCUT2D eigenvalue weighted by Gasteiger charge is -2.32. The van der Waals surface area contributed by atoms with Crippen molar-refractivity contribution >= 4 is 22.9 Å². The molecule has 3 aromatic rings. The van der Waals surface area contributed by atoms with Gasteiger partial charge >= 0.3 is 5.97 Å². The van der Waals surface area contributed by atoms with Crippen molar-refractivity contribution in [2.45, 2.75) is 38.9 Å². The molecule has 212 valence electrons. The zero-order chi connectivity index (χ0) is 27.9. The van der Waals surface area contributed by atoms with Crippen LogP contribution in [0.5, 0.6) is 17.2 Å². The van der Waals surface area contributed by atoms with Crippen LogP contribution < -0.4 is 25.1 Å². The van der Waals surface area contributed by atoms with Crippen LogP contribution in [0.25, 0.3) is 17.0 Å². The number of nitrogens with one attached hydrogen (secondary N) is 1. The predicted molar refractivity (Wildman–Crippen MR) is 154 cm³/mol. The van der Waals surface area contributed by atoms with E-state index in [4.69, 9.17) is 18.9 Å². The number of carbonyl (C=O) groups excluding carboxylic acids is 1. The van der Waals surface area contributed by atoms with E-state index in [-0.39, 0.29) is 5.56 Å². The molecular weight excluding hydrogens is 510 g/mol. The van der Waals surface area contributed by atoms with Crippen LogP contribution in [0.4, 0.5) is 0 Å². The van der Waals surface area contributed by atoms with Crippen molar-refractivity contribution in [3.8, 4) is 17.2 Å². The number of rotatable bonds is 10. The second-order valence-electron chi connectivity index (χ2n) is 10.0. The third-order valence-corrected chi connectivity index (χ3v) is 7.46. The number of benzene rings is 2. The second kappa shape index (κ2) is 13.0. The van der Waals surface area contributed by atoms with E-state index in [1.807, 2.05) is 18.2 Å². The molecule has 0 bridgehead atoms. The number of methoxy groups -OCH3 is 1. The standard InChI is InChI=1S/C31H37N3O6/c1-3-38-31(36)9-5-23-19-25(37-2)20-27-26(23)6-8-30(35)34(27)15-14-33-12-10-24(11-13-33)32-21-22-4-7-28-29(18-22)40-17-16-39-28/h4-9,18-20,24,32H,3,10-17,21H2,1-2H3/b9-5-. The smallest absolute Gasteiger partial charge is 0.330 e. The number of esters is 1. The van der Waals surface area contributed by atoms with E-state index in [2.05, 4.69) is 22.3 Å². The van der Waals surface area contributed by atoms with E-state index in [1.54, 1.807) is 36.8 Å². The van der Waals surface area contributed by atoms with Crippen LogP contribution in [0.15, 0.2) is 53.3 Å². The van der Waals surface area contributed by atoms with Gasteiger partial charge in [-0.2, -0.15) is 0 Å². The first kappa shape index (κ1) is 27.7. The highest BCUT2D eigenvalue weighted by atomic mass is 16.6. The average molecular weight is 548 g/mol. The molecule has 9 nitrogen and oxygen atoms in total. The van der Waals surface area contributed by atoms with Crippen molar-refractivity contribution in [1.29, 1.82) is 0 Å². The maximum absolute atomic E-state index is 12.9. The molecule has 0 atom stereocenters. The van der Waals surface area contributed by atoms with Crippen LogP contribution in [-0.4, -0.2) is 68.0 Å². The zero-order valence-electron chi connectivity index (χ0n) is 23.2. The molecule has 0 amide bonds. The molecule has 0 aliphatic carbocycles. The van der Waals surface area contributed by atoms with Gasteiger partial charge in [0.25, 0.3) is 5.56 Å². The average Bonchev–Trinajstić information content (AvgIpc) is 2.98. The number of aromatic nitrogens is 1. The minimum atomic E-state index is -0.406. The molecule has 2 aliphatic heterocycles. The zero-order valence-corrected chi connectivity index (χ0v) is 23.2. The van der Waals surface area contributed by atoms with Crippen LogP contribution in [0.2, 0.25) is 0 Å². The predicted octanol–water partition coefficient (Wildman–Crippen LogP) is 3.61. The normalized spacial score (nSPS) is 15.9. The summed E-state index contributed by atoms with van der Waals surface area (Å²) in [7, 11) is 1.59. The second-order valence-corrected chi connectivity index (χ2v) is 10.0. The molecule has 40 heavy (non-hydrogen) atoms. The summed E-state index contributed by atoms with van der Waals surface area (Å²) in [5.74, 6) is 1.86. The Kier molecular flexibility index (Phi) is 9.03. The van der Waals surface area contributed by atoms with E-state index in [0.717, 1.165) is 67.0 Å². The molecule has 0 unspecified atom stereocenters. The number of pyridine rings is 1.